The molecule has 0 aliphatic carbocycles. The van der Waals surface area contributed by atoms with Crippen LogP contribution in [0.4, 0.5) is 0 Å². The normalized spacial score (nSPS) is 13.0. The molecular weight excluding hydrogens is 222 g/mol. The highest BCUT2D eigenvalue weighted by Gasteiger charge is 2.27. The molecule has 0 aromatic carbocycles. The van der Waals surface area contributed by atoms with E-state index in [0.717, 1.165) is 16.9 Å². The van der Waals surface area contributed by atoms with Crippen molar-refractivity contribution in [3.8, 4) is 0 Å². The first-order valence-electron chi connectivity index (χ1n) is 6.32. The quantitative estimate of drug-likeness (QED) is 0.709. The molecule has 0 aliphatic heterocycles. The highest BCUT2D eigenvalue weighted by atomic mass is 14.9. The molecule has 0 atom stereocenters. The van der Waals surface area contributed by atoms with Crippen LogP contribution in [0.15, 0.2) is 18.5 Å². The summed E-state index contributed by atoms with van der Waals surface area (Å²) in [6, 6.07) is 2.13. The Morgan fingerprint density at radius 3 is 2.00 bits per heavy atom. The number of nitrogens with zero attached hydrogens (tertiary/aromatic N) is 3. The van der Waals surface area contributed by atoms with E-state index < -0.39 is 0 Å². The van der Waals surface area contributed by atoms with Crippen LogP contribution in [-0.2, 0) is 10.8 Å². The van der Waals surface area contributed by atoms with Crippen LogP contribution in [0.25, 0.3) is 11.2 Å². The molecule has 18 heavy (non-hydrogen) atoms. The predicted molar refractivity (Wildman–Crippen MR) is 74.7 cm³/mol. The second-order valence-corrected chi connectivity index (χ2v) is 6.78. The van der Waals surface area contributed by atoms with Crippen molar-refractivity contribution in [3.05, 3.63) is 29.7 Å². The molecule has 0 spiro atoms. The monoisotopic (exact) mass is 243 g/mol. The van der Waals surface area contributed by atoms with Gasteiger partial charge in [-0.1, -0.05) is 41.5 Å². The Balaban J connectivity index is 2.81. The van der Waals surface area contributed by atoms with Gasteiger partial charge in [0, 0.05) is 17.8 Å². The van der Waals surface area contributed by atoms with Crippen molar-refractivity contribution >= 4 is 11.2 Å². The average Bonchev–Trinajstić information content (AvgIpc) is 2.25. The number of aromatic nitrogens is 3. The van der Waals surface area contributed by atoms with E-state index in [2.05, 4.69) is 57.6 Å². The first kappa shape index (κ1) is 12.9. The van der Waals surface area contributed by atoms with Gasteiger partial charge in [0.05, 0.1) is 5.69 Å². The fraction of sp³-hybridized carbons (Fsp3) is 0.533. The fourth-order valence-corrected chi connectivity index (χ4v) is 2.04. The van der Waals surface area contributed by atoms with Gasteiger partial charge in [-0.05, 0) is 17.0 Å². The molecule has 2 heterocycles. The van der Waals surface area contributed by atoms with Crippen LogP contribution in [0.1, 0.15) is 52.8 Å². The summed E-state index contributed by atoms with van der Waals surface area (Å²) in [7, 11) is 0. The molecule has 0 radical (unpaired) electrons. The Labute approximate surface area is 109 Å². The lowest BCUT2D eigenvalue weighted by atomic mass is 9.78. The molecule has 0 fully saturated rings. The molecule has 2 aromatic rings. The van der Waals surface area contributed by atoms with Gasteiger partial charge in [-0.2, -0.15) is 0 Å². The van der Waals surface area contributed by atoms with Crippen molar-refractivity contribution in [2.75, 3.05) is 0 Å². The summed E-state index contributed by atoms with van der Waals surface area (Å²) in [6.07, 6.45) is 3.41. The standard InChI is InChI=1S/C15H21N3/c1-14(2,3)10-9-11-13(17-8-7-16-11)18-12(10)15(4,5)6/h7-9H,1-6H3. The predicted octanol–water partition coefficient (Wildman–Crippen LogP) is 3.62. The van der Waals surface area contributed by atoms with Crippen molar-refractivity contribution in [1.29, 1.82) is 0 Å². The minimum absolute atomic E-state index is 0.00826. The zero-order valence-electron chi connectivity index (χ0n) is 12.1. The number of hydrogen-bond acceptors (Lipinski definition) is 3. The van der Waals surface area contributed by atoms with Crippen LogP contribution in [0.5, 0.6) is 0 Å². The Hall–Kier alpha value is -1.51. The van der Waals surface area contributed by atoms with E-state index in [-0.39, 0.29) is 10.8 Å². The van der Waals surface area contributed by atoms with Crippen molar-refractivity contribution < 1.29 is 0 Å². The van der Waals surface area contributed by atoms with Crippen molar-refractivity contribution in [1.82, 2.24) is 15.0 Å². The third kappa shape index (κ3) is 2.35. The maximum absolute atomic E-state index is 4.74. The molecule has 3 nitrogen and oxygen atoms in total. The van der Waals surface area contributed by atoms with Crippen LogP contribution in [-0.4, -0.2) is 15.0 Å². The summed E-state index contributed by atoms with van der Waals surface area (Å²) in [6.45, 7) is 13.2. The number of fused-ring (bicyclic) bond motifs is 1. The van der Waals surface area contributed by atoms with Crippen LogP contribution in [0.3, 0.4) is 0 Å². The largest absolute Gasteiger partial charge is 0.251 e. The van der Waals surface area contributed by atoms with Gasteiger partial charge in [0.1, 0.15) is 5.52 Å². The van der Waals surface area contributed by atoms with E-state index in [1.165, 1.54) is 5.56 Å². The second kappa shape index (κ2) is 4.01. The lowest BCUT2D eigenvalue weighted by Crippen LogP contribution is -2.24. The minimum atomic E-state index is 0.00826. The molecule has 96 valence electrons. The van der Waals surface area contributed by atoms with Crippen molar-refractivity contribution in [2.45, 2.75) is 52.4 Å². The van der Waals surface area contributed by atoms with E-state index >= 15 is 0 Å². The summed E-state index contributed by atoms with van der Waals surface area (Å²) in [5.41, 5.74) is 4.03. The van der Waals surface area contributed by atoms with E-state index in [1.54, 1.807) is 12.4 Å². The number of pyridine rings is 1. The van der Waals surface area contributed by atoms with Gasteiger partial charge in [0.25, 0.3) is 0 Å². The van der Waals surface area contributed by atoms with Crippen LogP contribution >= 0.6 is 0 Å². The zero-order chi connectivity index (χ0) is 13.6. The lowest BCUT2D eigenvalue weighted by Gasteiger charge is -2.28. The van der Waals surface area contributed by atoms with Crippen LogP contribution in [0, 0.1) is 0 Å². The van der Waals surface area contributed by atoms with Gasteiger partial charge in [-0.25, -0.2) is 9.97 Å². The van der Waals surface area contributed by atoms with E-state index in [9.17, 15) is 0 Å². The Morgan fingerprint density at radius 1 is 0.833 bits per heavy atom. The highest BCUT2D eigenvalue weighted by Crippen LogP contribution is 2.33. The zero-order valence-corrected chi connectivity index (χ0v) is 12.1. The molecule has 0 N–H and O–H groups in total. The molecule has 0 aliphatic rings. The summed E-state index contributed by atoms with van der Waals surface area (Å²) >= 11 is 0. The summed E-state index contributed by atoms with van der Waals surface area (Å²) in [4.78, 5) is 13.4. The molecule has 0 amide bonds. The van der Waals surface area contributed by atoms with Crippen LogP contribution < -0.4 is 0 Å². The second-order valence-electron chi connectivity index (χ2n) is 6.78. The minimum Gasteiger partial charge on any atom is -0.251 e. The lowest BCUT2D eigenvalue weighted by molar-refractivity contribution is 0.516. The van der Waals surface area contributed by atoms with Crippen molar-refractivity contribution in [3.63, 3.8) is 0 Å². The van der Waals surface area contributed by atoms with Gasteiger partial charge < -0.3 is 0 Å². The molecular formula is C15H21N3. The van der Waals surface area contributed by atoms with Gasteiger partial charge >= 0.3 is 0 Å². The SMILES string of the molecule is CC(C)(C)c1cc2nccnc2nc1C(C)(C)C. The van der Waals surface area contributed by atoms with E-state index in [1.807, 2.05) is 0 Å². The molecule has 3 heteroatoms. The Kier molecular flexibility index (Phi) is 2.88. The molecule has 0 saturated carbocycles. The van der Waals surface area contributed by atoms with Crippen molar-refractivity contribution in [2.24, 2.45) is 0 Å². The molecule has 2 aromatic heterocycles. The Morgan fingerprint density at radius 2 is 1.44 bits per heavy atom. The molecule has 0 unspecified atom stereocenters. The van der Waals surface area contributed by atoms with Crippen LogP contribution in [0.2, 0.25) is 0 Å². The summed E-state index contributed by atoms with van der Waals surface area (Å²) in [5.74, 6) is 0. The average molecular weight is 243 g/mol. The van der Waals surface area contributed by atoms with Gasteiger partial charge in [-0.15, -0.1) is 0 Å². The topological polar surface area (TPSA) is 38.7 Å². The number of hydrogen-bond donors (Lipinski definition) is 0. The van der Waals surface area contributed by atoms with Gasteiger partial charge in [-0.3, -0.25) is 4.98 Å². The Bertz CT molecular complexity index is 522. The van der Waals surface area contributed by atoms with E-state index in [4.69, 9.17) is 4.98 Å². The third-order valence-corrected chi connectivity index (χ3v) is 2.98. The first-order valence-corrected chi connectivity index (χ1v) is 6.32. The third-order valence-electron chi connectivity index (χ3n) is 2.98. The smallest absolute Gasteiger partial charge is 0.178 e. The molecule has 0 bridgehead atoms. The fourth-order valence-electron chi connectivity index (χ4n) is 2.04. The van der Waals surface area contributed by atoms with E-state index in [0.29, 0.717) is 0 Å². The maximum atomic E-state index is 4.74. The maximum Gasteiger partial charge on any atom is 0.178 e. The molecule has 0 saturated heterocycles. The molecule has 2 rings (SSSR count). The summed E-state index contributed by atoms with van der Waals surface area (Å²) in [5, 5.41) is 0. The highest BCUT2D eigenvalue weighted by molar-refractivity contribution is 5.71. The van der Waals surface area contributed by atoms with Gasteiger partial charge in [0.15, 0.2) is 5.65 Å². The summed E-state index contributed by atoms with van der Waals surface area (Å²) < 4.78 is 0. The first-order chi connectivity index (χ1) is 8.19. The number of rotatable bonds is 0. The van der Waals surface area contributed by atoms with Gasteiger partial charge in [0.2, 0.25) is 0 Å².